The zero-order valence-corrected chi connectivity index (χ0v) is 10.8. The molecule has 0 spiro atoms. The van der Waals surface area contributed by atoms with E-state index >= 15 is 0 Å². The van der Waals surface area contributed by atoms with Crippen molar-refractivity contribution in [2.75, 3.05) is 0 Å². The monoisotopic (exact) mass is 196 g/mol. The average Bonchev–Trinajstić information content (AvgIpc) is 2.16. The van der Waals surface area contributed by atoms with E-state index in [0.29, 0.717) is 0 Å². The van der Waals surface area contributed by atoms with Gasteiger partial charge in [0.1, 0.15) is 0 Å². The van der Waals surface area contributed by atoms with Gasteiger partial charge in [-0.3, -0.25) is 0 Å². The molecule has 0 amide bonds. The molecule has 0 aromatic carbocycles. The van der Waals surface area contributed by atoms with Crippen LogP contribution in [0, 0.1) is 5.92 Å². The largest absolute Gasteiger partial charge is 0.0770 e. The van der Waals surface area contributed by atoms with Crippen molar-refractivity contribution in [2.45, 2.75) is 73.1 Å². The molecule has 0 N–H and O–H groups in total. The first-order chi connectivity index (χ1) is 6.63. The summed E-state index contributed by atoms with van der Waals surface area (Å²) in [6, 6.07) is 0. The highest BCUT2D eigenvalue weighted by Crippen LogP contribution is 2.24. The maximum atomic E-state index is 2.36. The SMILES string of the molecule is CCCCCCC(=C(C)C)C(C)CC. The lowest BCUT2D eigenvalue weighted by atomic mass is 9.90. The molecular weight excluding hydrogens is 168 g/mol. The van der Waals surface area contributed by atoms with E-state index in [1.165, 1.54) is 38.5 Å². The van der Waals surface area contributed by atoms with E-state index in [4.69, 9.17) is 0 Å². The molecule has 0 saturated heterocycles. The molecule has 0 aliphatic carbocycles. The Balaban J connectivity index is 3.94. The summed E-state index contributed by atoms with van der Waals surface area (Å²) in [5, 5.41) is 0. The molecule has 0 nitrogen and oxygen atoms in total. The van der Waals surface area contributed by atoms with Gasteiger partial charge in [-0.05, 0) is 39.0 Å². The molecule has 0 saturated carbocycles. The van der Waals surface area contributed by atoms with E-state index < -0.39 is 0 Å². The third-order valence-electron chi connectivity index (χ3n) is 3.15. The zero-order valence-electron chi connectivity index (χ0n) is 10.8. The van der Waals surface area contributed by atoms with Crippen molar-refractivity contribution in [3.05, 3.63) is 11.1 Å². The van der Waals surface area contributed by atoms with Crippen molar-refractivity contribution in [1.29, 1.82) is 0 Å². The van der Waals surface area contributed by atoms with Crippen molar-refractivity contribution < 1.29 is 0 Å². The Morgan fingerprint density at radius 1 is 1.00 bits per heavy atom. The molecule has 0 aromatic rings. The van der Waals surface area contributed by atoms with Gasteiger partial charge in [0.2, 0.25) is 0 Å². The Kier molecular flexibility index (Phi) is 7.93. The third-order valence-corrected chi connectivity index (χ3v) is 3.15. The standard InChI is InChI=1S/C14H28/c1-6-8-9-10-11-14(12(3)4)13(5)7-2/h13H,6-11H2,1-5H3. The van der Waals surface area contributed by atoms with Gasteiger partial charge in [0, 0.05) is 0 Å². The fourth-order valence-corrected chi connectivity index (χ4v) is 1.98. The van der Waals surface area contributed by atoms with Crippen LogP contribution in [0.3, 0.4) is 0 Å². The number of hydrogen-bond donors (Lipinski definition) is 0. The number of rotatable bonds is 7. The second-order valence-corrected chi connectivity index (χ2v) is 4.65. The molecule has 1 atom stereocenters. The predicted octanol–water partition coefficient (Wildman–Crippen LogP) is 5.34. The Morgan fingerprint density at radius 2 is 1.64 bits per heavy atom. The average molecular weight is 196 g/mol. The van der Waals surface area contributed by atoms with E-state index in [9.17, 15) is 0 Å². The molecule has 1 unspecified atom stereocenters. The van der Waals surface area contributed by atoms with Crippen molar-refractivity contribution >= 4 is 0 Å². The van der Waals surface area contributed by atoms with E-state index in [-0.39, 0.29) is 0 Å². The van der Waals surface area contributed by atoms with Crippen LogP contribution >= 0.6 is 0 Å². The highest BCUT2D eigenvalue weighted by molar-refractivity contribution is 5.12. The van der Waals surface area contributed by atoms with Crippen LogP contribution in [0.4, 0.5) is 0 Å². The molecule has 0 aromatic heterocycles. The summed E-state index contributed by atoms with van der Waals surface area (Å²) in [5.41, 5.74) is 3.26. The fraction of sp³-hybridized carbons (Fsp3) is 0.857. The Morgan fingerprint density at radius 3 is 2.07 bits per heavy atom. The molecule has 0 aliphatic rings. The van der Waals surface area contributed by atoms with Gasteiger partial charge >= 0.3 is 0 Å². The zero-order chi connectivity index (χ0) is 11.0. The van der Waals surface area contributed by atoms with Gasteiger partial charge in [0.25, 0.3) is 0 Å². The van der Waals surface area contributed by atoms with Crippen LogP contribution in [0.2, 0.25) is 0 Å². The van der Waals surface area contributed by atoms with Crippen LogP contribution in [0.25, 0.3) is 0 Å². The van der Waals surface area contributed by atoms with Gasteiger partial charge in [-0.2, -0.15) is 0 Å². The minimum atomic E-state index is 0.793. The third kappa shape index (κ3) is 5.47. The predicted molar refractivity (Wildman–Crippen MR) is 66.6 cm³/mol. The van der Waals surface area contributed by atoms with Crippen molar-refractivity contribution in [3.63, 3.8) is 0 Å². The maximum Gasteiger partial charge on any atom is -0.0232 e. The molecule has 0 bridgehead atoms. The second kappa shape index (κ2) is 8.08. The summed E-state index contributed by atoms with van der Waals surface area (Å²) in [6.07, 6.45) is 8.15. The van der Waals surface area contributed by atoms with Crippen LogP contribution in [0.5, 0.6) is 0 Å². The molecule has 0 aliphatic heterocycles. The molecule has 84 valence electrons. The van der Waals surface area contributed by atoms with Gasteiger partial charge in [0.05, 0.1) is 0 Å². The lowest BCUT2D eigenvalue weighted by Crippen LogP contribution is -2.00. The summed E-state index contributed by atoms with van der Waals surface area (Å²) in [4.78, 5) is 0. The van der Waals surface area contributed by atoms with Gasteiger partial charge < -0.3 is 0 Å². The van der Waals surface area contributed by atoms with Crippen molar-refractivity contribution in [2.24, 2.45) is 5.92 Å². The van der Waals surface area contributed by atoms with Gasteiger partial charge in [-0.1, -0.05) is 51.2 Å². The van der Waals surface area contributed by atoms with Gasteiger partial charge in [-0.15, -0.1) is 0 Å². The molecule has 14 heavy (non-hydrogen) atoms. The minimum Gasteiger partial charge on any atom is -0.0770 e. The summed E-state index contributed by atoms with van der Waals surface area (Å²) in [5.74, 6) is 0.793. The summed E-state index contributed by atoms with van der Waals surface area (Å²) >= 11 is 0. The van der Waals surface area contributed by atoms with Crippen molar-refractivity contribution in [1.82, 2.24) is 0 Å². The topological polar surface area (TPSA) is 0 Å². The fourth-order valence-electron chi connectivity index (χ4n) is 1.98. The van der Waals surface area contributed by atoms with E-state index in [1.54, 1.807) is 11.1 Å². The van der Waals surface area contributed by atoms with Crippen LogP contribution in [-0.2, 0) is 0 Å². The normalized spacial score (nSPS) is 12.6. The van der Waals surface area contributed by atoms with Crippen molar-refractivity contribution in [3.8, 4) is 0 Å². The highest BCUT2D eigenvalue weighted by Gasteiger charge is 2.07. The van der Waals surface area contributed by atoms with E-state index in [2.05, 4.69) is 34.6 Å². The van der Waals surface area contributed by atoms with Crippen LogP contribution in [0.1, 0.15) is 73.1 Å². The molecular formula is C14H28. The smallest absolute Gasteiger partial charge is 0.0232 e. The van der Waals surface area contributed by atoms with Crippen LogP contribution in [0.15, 0.2) is 11.1 Å². The maximum absolute atomic E-state index is 2.36. The first-order valence-corrected chi connectivity index (χ1v) is 6.29. The Labute approximate surface area is 90.8 Å². The number of hydrogen-bond acceptors (Lipinski definition) is 0. The quantitative estimate of drug-likeness (QED) is 0.381. The number of allylic oxidation sites excluding steroid dienone is 2. The minimum absolute atomic E-state index is 0.793. The molecule has 0 heteroatoms. The lowest BCUT2D eigenvalue weighted by Gasteiger charge is -2.16. The van der Waals surface area contributed by atoms with Gasteiger partial charge in [0.15, 0.2) is 0 Å². The molecule has 0 fully saturated rings. The first kappa shape index (κ1) is 13.7. The number of unbranched alkanes of at least 4 members (excludes halogenated alkanes) is 3. The summed E-state index contributed by atoms with van der Waals surface area (Å²) in [6.45, 7) is 11.5. The highest BCUT2D eigenvalue weighted by atomic mass is 14.1. The first-order valence-electron chi connectivity index (χ1n) is 6.29. The Hall–Kier alpha value is -0.260. The molecule has 0 rings (SSSR count). The lowest BCUT2D eigenvalue weighted by molar-refractivity contribution is 0.580. The van der Waals surface area contributed by atoms with Gasteiger partial charge in [-0.25, -0.2) is 0 Å². The van der Waals surface area contributed by atoms with E-state index in [1.807, 2.05) is 0 Å². The summed E-state index contributed by atoms with van der Waals surface area (Å²) in [7, 11) is 0. The Bertz CT molecular complexity index is 161. The van der Waals surface area contributed by atoms with E-state index in [0.717, 1.165) is 5.92 Å². The van der Waals surface area contributed by atoms with Crippen LogP contribution in [-0.4, -0.2) is 0 Å². The summed E-state index contributed by atoms with van der Waals surface area (Å²) < 4.78 is 0. The molecule has 0 heterocycles. The molecule has 0 radical (unpaired) electrons. The van der Waals surface area contributed by atoms with Crippen LogP contribution < -0.4 is 0 Å². The second-order valence-electron chi connectivity index (χ2n) is 4.65.